The van der Waals surface area contributed by atoms with E-state index in [-0.39, 0.29) is 11.9 Å². The summed E-state index contributed by atoms with van der Waals surface area (Å²) in [4.78, 5) is 10.6. The molecule has 0 aliphatic carbocycles. The molecule has 0 heterocycles. The zero-order chi connectivity index (χ0) is 12.1. The summed E-state index contributed by atoms with van der Waals surface area (Å²) in [5.74, 6) is 0.653. The highest BCUT2D eigenvalue weighted by Crippen LogP contribution is 2.30. The molecule has 3 heteroatoms. The Bertz CT molecular complexity index is 372. The summed E-state index contributed by atoms with van der Waals surface area (Å²) in [6.07, 6.45) is 2.78. The quantitative estimate of drug-likeness (QED) is 0.779. The summed E-state index contributed by atoms with van der Waals surface area (Å²) in [5.41, 5.74) is 0.917. The van der Waals surface area contributed by atoms with Crippen molar-refractivity contribution < 1.29 is 14.6 Å². The standard InChI is InChI=1S/C13H18O3/c1-4-5-9(2)16-12-7-6-11(8-14)13(15)10(12)3/h6-9,15H,4-5H2,1-3H3/t9-/m1/s1. The highest BCUT2D eigenvalue weighted by atomic mass is 16.5. The van der Waals surface area contributed by atoms with Crippen LogP contribution in [0.2, 0.25) is 0 Å². The van der Waals surface area contributed by atoms with Crippen LogP contribution in [0.4, 0.5) is 0 Å². The molecule has 0 aromatic heterocycles. The van der Waals surface area contributed by atoms with Gasteiger partial charge in [-0.05, 0) is 32.4 Å². The van der Waals surface area contributed by atoms with E-state index in [2.05, 4.69) is 6.92 Å². The fraction of sp³-hybridized carbons (Fsp3) is 0.462. The molecule has 1 rings (SSSR count). The maximum absolute atomic E-state index is 10.6. The lowest BCUT2D eigenvalue weighted by molar-refractivity contribution is 0.112. The second-order valence-electron chi connectivity index (χ2n) is 3.96. The molecule has 0 amide bonds. The third kappa shape index (κ3) is 2.75. The van der Waals surface area contributed by atoms with Crippen LogP contribution in [0.1, 0.15) is 42.6 Å². The first kappa shape index (κ1) is 12.6. The summed E-state index contributed by atoms with van der Waals surface area (Å²) >= 11 is 0. The van der Waals surface area contributed by atoms with Gasteiger partial charge in [-0.3, -0.25) is 4.79 Å². The average molecular weight is 222 g/mol. The van der Waals surface area contributed by atoms with Gasteiger partial charge in [-0.25, -0.2) is 0 Å². The largest absolute Gasteiger partial charge is 0.507 e. The molecule has 88 valence electrons. The summed E-state index contributed by atoms with van der Waals surface area (Å²) < 4.78 is 5.69. The highest BCUT2D eigenvalue weighted by Gasteiger charge is 2.11. The number of benzene rings is 1. The van der Waals surface area contributed by atoms with Gasteiger partial charge >= 0.3 is 0 Å². The van der Waals surface area contributed by atoms with Gasteiger partial charge in [-0.15, -0.1) is 0 Å². The van der Waals surface area contributed by atoms with Crippen molar-refractivity contribution in [3.8, 4) is 11.5 Å². The first-order chi connectivity index (χ1) is 7.60. The van der Waals surface area contributed by atoms with E-state index in [1.165, 1.54) is 0 Å². The lowest BCUT2D eigenvalue weighted by atomic mass is 10.1. The molecular weight excluding hydrogens is 204 g/mol. The number of hydrogen-bond donors (Lipinski definition) is 1. The number of phenolic OH excluding ortho intramolecular Hbond substituents is 1. The highest BCUT2D eigenvalue weighted by molar-refractivity contribution is 5.80. The van der Waals surface area contributed by atoms with Gasteiger partial charge in [0.1, 0.15) is 11.5 Å². The van der Waals surface area contributed by atoms with Crippen LogP contribution in [0, 0.1) is 6.92 Å². The molecule has 0 spiro atoms. The van der Waals surface area contributed by atoms with Crippen molar-refractivity contribution in [1.29, 1.82) is 0 Å². The molecular formula is C13H18O3. The third-order valence-corrected chi connectivity index (χ3v) is 2.56. The number of hydrogen-bond acceptors (Lipinski definition) is 3. The first-order valence-electron chi connectivity index (χ1n) is 5.54. The minimum absolute atomic E-state index is 0.0104. The van der Waals surface area contributed by atoms with Crippen molar-refractivity contribution in [2.24, 2.45) is 0 Å². The van der Waals surface area contributed by atoms with E-state index in [0.29, 0.717) is 23.2 Å². The van der Waals surface area contributed by atoms with Crippen molar-refractivity contribution in [3.05, 3.63) is 23.3 Å². The topological polar surface area (TPSA) is 46.5 Å². The molecule has 0 fully saturated rings. The van der Waals surface area contributed by atoms with Crippen molar-refractivity contribution in [2.75, 3.05) is 0 Å². The Labute approximate surface area is 96.1 Å². The van der Waals surface area contributed by atoms with E-state index in [1.54, 1.807) is 19.1 Å². The maximum atomic E-state index is 10.6. The molecule has 0 bridgehead atoms. The van der Waals surface area contributed by atoms with E-state index in [1.807, 2.05) is 6.92 Å². The predicted octanol–water partition coefficient (Wildman–Crippen LogP) is 3.08. The van der Waals surface area contributed by atoms with Crippen LogP contribution in [0.15, 0.2) is 12.1 Å². The fourth-order valence-electron chi connectivity index (χ4n) is 1.61. The van der Waals surface area contributed by atoms with Crippen LogP contribution in [0.25, 0.3) is 0 Å². The number of carbonyl (C=O) groups is 1. The smallest absolute Gasteiger partial charge is 0.153 e. The number of ether oxygens (including phenoxy) is 1. The third-order valence-electron chi connectivity index (χ3n) is 2.56. The molecule has 0 radical (unpaired) electrons. The minimum atomic E-state index is 0.0104. The molecule has 1 aromatic carbocycles. The molecule has 0 aliphatic rings. The summed E-state index contributed by atoms with van der Waals surface area (Å²) in [6, 6.07) is 3.30. The molecule has 3 nitrogen and oxygen atoms in total. The van der Waals surface area contributed by atoms with Gasteiger partial charge < -0.3 is 9.84 Å². The van der Waals surface area contributed by atoms with Crippen LogP contribution >= 0.6 is 0 Å². The average Bonchev–Trinajstić information content (AvgIpc) is 2.25. The Morgan fingerprint density at radius 3 is 2.75 bits per heavy atom. The summed E-state index contributed by atoms with van der Waals surface area (Å²) in [6.45, 7) is 5.84. The lowest BCUT2D eigenvalue weighted by Gasteiger charge is -2.16. The monoisotopic (exact) mass is 222 g/mol. The maximum Gasteiger partial charge on any atom is 0.153 e. The van der Waals surface area contributed by atoms with Gasteiger partial charge in [0.25, 0.3) is 0 Å². The Balaban J connectivity index is 2.90. The Kier molecular flexibility index (Phi) is 4.35. The molecule has 1 N–H and O–H groups in total. The normalized spacial score (nSPS) is 12.2. The van der Waals surface area contributed by atoms with Crippen molar-refractivity contribution in [1.82, 2.24) is 0 Å². The van der Waals surface area contributed by atoms with Gasteiger partial charge in [0.2, 0.25) is 0 Å². The van der Waals surface area contributed by atoms with Crippen molar-refractivity contribution >= 4 is 6.29 Å². The molecule has 16 heavy (non-hydrogen) atoms. The Morgan fingerprint density at radius 2 is 2.19 bits per heavy atom. The number of carbonyl (C=O) groups excluding carboxylic acids is 1. The number of rotatable bonds is 5. The first-order valence-corrected chi connectivity index (χ1v) is 5.54. The molecule has 0 unspecified atom stereocenters. The molecule has 1 aromatic rings. The van der Waals surface area contributed by atoms with E-state index in [0.717, 1.165) is 12.8 Å². The van der Waals surface area contributed by atoms with E-state index >= 15 is 0 Å². The molecule has 0 aliphatic heterocycles. The zero-order valence-corrected chi connectivity index (χ0v) is 9.99. The van der Waals surface area contributed by atoms with Crippen molar-refractivity contribution in [2.45, 2.75) is 39.7 Å². The van der Waals surface area contributed by atoms with Crippen LogP contribution < -0.4 is 4.74 Å². The van der Waals surface area contributed by atoms with Gasteiger partial charge in [0.05, 0.1) is 11.7 Å². The van der Waals surface area contributed by atoms with Crippen LogP contribution in [0.3, 0.4) is 0 Å². The van der Waals surface area contributed by atoms with Gasteiger partial charge in [0, 0.05) is 5.56 Å². The zero-order valence-electron chi connectivity index (χ0n) is 9.99. The van der Waals surface area contributed by atoms with Gasteiger partial charge in [0.15, 0.2) is 6.29 Å². The molecule has 1 atom stereocenters. The second kappa shape index (κ2) is 5.54. The van der Waals surface area contributed by atoms with Crippen LogP contribution in [-0.2, 0) is 0 Å². The van der Waals surface area contributed by atoms with E-state index in [4.69, 9.17) is 4.74 Å². The fourth-order valence-corrected chi connectivity index (χ4v) is 1.61. The molecule has 0 saturated heterocycles. The number of aldehydes is 1. The number of aromatic hydroxyl groups is 1. The number of phenols is 1. The minimum Gasteiger partial charge on any atom is -0.507 e. The summed E-state index contributed by atoms with van der Waals surface area (Å²) in [5, 5.41) is 9.71. The predicted molar refractivity (Wildman–Crippen MR) is 63.2 cm³/mol. The SMILES string of the molecule is CCC[C@@H](C)Oc1ccc(C=O)c(O)c1C. The van der Waals surface area contributed by atoms with Gasteiger partial charge in [-0.2, -0.15) is 0 Å². The Hall–Kier alpha value is -1.51. The van der Waals surface area contributed by atoms with Crippen LogP contribution in [-0.4, -0.2) is 17.5 Å². The van der Waals surface area contributed by atoms with Crippen LogP contribution in [0.5, 0.6) is 11.5 Å². The molecule has 0 saturated carbocycles. The van der Waals surface area contributed by atoms with Gasteiger partial charge in [-0.1, -0.05) is 13.3 Å². The summed E-state index contributed by atoms with van der Waals surface area (Å²) in [7, 11) is 0. The van der Waals surface area contributed by atoms with Crippen molar-refractivity contribution in [3.63, 3.8) is 0 Å². The Morgan fingerprint density at radius 1 is 1.50 bits per heavy atom. The lowest BCUT2D eigenvalue weighted by Crippen LogP contribution is -2.11. The van der Waals surface area contributed by atoms with E-state index < -0.39 is 0 Å². The van der Waals surface area contributed by atoms with E-state index in [9.17, 15) is 9.90 Å². The second-order valence-corrected chi connectivity index (χ2v) is 3.96.